The monoisotopic (exact) mass is 377 g/mol. The average molecular weight is 377 g/mol. The number of alkyl halides is 6. The Labute approximate surface area is 144 Å². The van der Waals surface area contributed by atoms with Gasteiger partial charge in [-0.15, -0.1) is 0 Å². The van der Waals surface area contributed by atoms with Crippen LogP contribution in [-0.2, 0) is 6.18 Å². The molecule has 11 heteroatoms. The van der Waals surface area contributed by atoms with Crippen LogP contribution >= 0.6 is 0 Å². The van der Waals surface area contributed by atoms with Crippen molar-refractivity contribution in [1.82, 2.24) is 5.43 Å². The van der Waals surface area contributed by atoms with E-state index in [-0.39, 0.29) is 11.5 Å². The number of benzene rings is 1. The predicted molar refractivity (Wildman–Crippen MR) is 84.3 cm³/mol. The van der Waals surface area contributed by atoms with E-state index in [1.807, 2.05) is 0 Å². The molecule has 5 nitrogen and oxygen atoms in total. The van der Waals surface area contributed by atoms with E-state index in [1.165, 1.54) is 20.0 Å². The molecule has 1 atom stereocenters. The van der Waals surface area contributed by atoms with E-state index >= 15 is 0 Å². The highest BCUT2D eigenvalue weighted by Crippen LogP contribution is 2.38. The highest BCUT2D eigenvalue weighted by molar-refractivity contribution is 6.07. The Hall–Kier alpha value is -2.77. The molecule has 26 heavy (non-hydrogen) atoms. The molecule has 0 saturated carbocycles. The number of amidine groups is 1. The van der Waals surface area contributed by atoms with Gasteiger partial charge in [0.05, 0.1) is 12.1 Å². The highest BCUT2D eigenvalue weighted by atomic mass is 19.4. The SMILES string of the molecule is [C-]#[N+]c1ccc(NC(=NC)C2(C)CC(C(F)(F)F)=NN2)cc1C(F)(F)F. The predicted octanol–water partition coefficient (Wildman–Crippen LogP) is 4.37. The summed E-state index contributed by atoms with van der Waals surface area (Å²) in [5.74, 6) is -0.0239. The van der Waals surface area contributed by atoms with Crippen molar-refractivity contribution in [2.24, 2.45) is 10.1 Å². The molecule has 0 aliphatic carbocycles. The van der Waals surface area contributed by atoms with Crippen LogP contribution in [-0.4, -0.2) is 30.3 Å². The first-order chi connectivity index (χ1) is 11.9. The van der Waals surface area contributed by atoms with Gasteiger partial charge < -0.3 is 5.32 Å². The van der Waals surface area contributed by atoms with Gasteiger partial charge in [-0.2, -0.15) is 31.4 Å². The Bertz CT molecular complexity index is 802. The van der Waals surface area contributed by atoms with Crippen LogP contribution in [0.5, 0.6) is 0 Å². The largest absolute Gasteiger partial charge is 0.431 e. The van der Waals surface area contributed by atoms with Gasteiger partial charge in [0.1, 0.15) is 17.1 Å². The molecular formula is C15H13F6N5. The van der Waals surface area contributed by atoms with Crippen molar-refractivity contribution in [2.45, 2.75) is 31.2 Å². The minimum Gasteiger partial charge on any atom is -0.342 e. The number of hydrogen-bond donors (Lipinski definition) is 2. The van der Waals surface area contributed by atoms with Crippen LogP contribution in [0.1, 0.15) is 18.9 Å². The van der Waals surface area contributed by atoms with Crippen LogP contribution in [0.3, 0.4) is 0 Å². The molecule has 0 amide bonds. The summed E-state index contributed by atoms with van der Waals surface area (Å²) < 4.78 is 77.5. The van der Waals surface area contributed by atoms with Gasteiger partial charge in [0, 0.05) is 19.2 Å². The third-order valence-electron chi connectivity index (χ3n) is 3.72. The lowest BCUT2D eigenvalue weighted by Crippen LogP contribution is -2.48. The summed E-state index contributed by atoms with van der Waals surface area (Å²) in [6.45, 7) is 8.20. The topological polar surface area (TPSA) is 53.1 Å². The molecule has 0 saturated heterocycles. The van der Waals surface area contributed by atoms with E-state index in [9.17, 15) is 26.3 Å². The Morgan fingerprint density at radius 2 is 1.92 bits per heavy atom. The van der Waals surface area contributed by atoms with Gasteiger partial charge in [-0.1, -0.05) is 6.07 Å². The third-order valence-corrected chi connectivity index (χ3v) is 3.72. The Morgan fingerprint density at radius 3 is 2.38 bits per heavy atom. The van der Waals surface area contributed by atoms with Crippen LogP contribution in [0, 0.1) is 6.57 Å². The molecule has 1 aromatic carbocycles. The number of halogens is 6. The number of nitrogens with one attached hydrogen (secondary N) is 2. The summed E-state index contributed by atoms with van der Waals surface area (Å²) >= 11 is 0. The molecule has 1 aliphatic rings. The Kier molecular flexibility index (Phi) is 4.90. The van der Waals surface area contributed by atoms with Gasteiger partial charge in [-0.3, -0.25) is 10.4 Å². The van der Waals surface area contributed by atoms with E-state index in [0.717, 1.165) is 6.07 Å². The number of rotatable bonds is 2. The fraction of sp³-hybridized carbons (Fsp3) is 0.400. The number of anilines is 1. The zero-order chi connectivity index (χ0) is 19.8. The van der Waals surface area contributed by atoms with Gasteiger partial charge in [-0.05, 0) is 19.1 Å². The van der Waals surface area contributed by atoms with Crippen molar-refractivity contribution in [2.75, 3.05) is 12.4 Å². The van der Waals surface area contributed by atoms with Gasteiger partial charge in [-0.25, -0.2) is 4.85 Å². The minimum absolute atomic E-state index is 0.0239. The second-order valence-corrected chi connectivity index (χ2v) is 5.72. The number of aliphatic imine (C=N–C) groups is 1. The molecule has 2 N–H and O–H groups in total. The summed E-state index contributed by atoms with van der Waals surface area (Å²) in [5.41, 5.74) is -1.86. The lowest BCUT2D eigenvalue weighted by atomic mass is 9.94. The molecule has 140 valence electrons. The number of hydrazone groups is 1. The molecular weight excluding hydrogens is 364 g/mol. The second kappa shape index (κ2) is 6.51. The molecule has 1 aromatic rings. The summed E-state index contributed by atoms with van der Waals surface area (Å²) in [6, 6.07) is 2.91. The van der Waals surface area contributed by atoms with E-state index in [0.29, 0.717) is 6.07 Å². The first-order valence-electron chi connectivity index (χ1n) is 7.14. The maximum absolute atomic E-state index is 13.0. The number of hydrogen-bond acceptors (Lipinski definition) is 3. The van der Waals surface area contributed by atoms with Gasteiger partial charge in [0.15, 0.2) is 5.69 Å². The summed E-state index contributed by atoms with van der Waals surface area (Å²) in [4.78, 5) is 6.67. The summed E-state index contributed by atoms with van der Waals surface area (Å²) in [7, 11) is 1.29. The quantitative estimate of drug-likeness (QED) is 0.348. The van der Waals surface area contributed by atoms with Crippen molar-refractivity contribution >= 4 is 22.9 Å². The Morgan fingerprint density at radius 1 is 1.27 bits per heavy atom. The fourth-order valence-corrected chi connectivity index (χ4v) is 2.42. The smallest absolute Gasteiger partial charge is 0.342 e. The maximum atomic E-state index is 13.0. The minimum atomic E-state index is -4.75. The summed E-state index contributed by atoms with van der Waals surface area (Å²) in [5, 5.41) is 5.85. The van der Waals surface area contributed by atoms with Crippen molar-refractivity contribution in [1.29, 1.82) is 0 Å². The average Bonchev–Trinajstić information content (AvgIpc) is 2.95. The lowest BCUT2D eigenvalue weighted by molar-refractivity contribution is -0.136. The van der Waals surface area contributed by atoms with Crippen LogP contribution in [0.2, 0.25) is 0 Å². The standard InChI is InChI=1S/C15H13F6N5/c1-13(7-11(25-26-13)15(19,20)21)12(23-3)24-8-4-5-10(22-2)9(6-8)14(16,17)18/h4-6,26H,7H2,1,3H3,(H,23,24). The molecule has 0 radical (unpaired) electrons. The van der Waals surface area contributed by atoms with Crippen LogP contribution in [0.15, 0.2) is 28.3 Å². The fourth-order valence-electron chi connectivity index (χ4n) is 2.42. The zero-order valence-corrected chi connectivity index (χ0v) is 13.5. The molecule has 2 rings (SSSR count). The second-order valence-electron chi connectivity index (χ2n) is 5.72. The molecule has 1 heterocycles. The van der Waals surface area contributed by atoms with E-state index in [1.54, 1.807) is 0 Å². The zero-order valence-electron chi connectivity index (χ0n) is 13.5. The molecule has 0 bridgehead atoms. The molecule has 0 fully saturated rings. The first kappa shape index (κ1) is 19.6. The van der Waals surface area contributed by atoms with Crippen LogP contribution in [0.25, 0.3) is 4.85 Å². The van der Waals surface area contributed by atoms with Crippen LogP contribution < -0.4 is 10.7 Å². The maximum Gasteiger partial charge on any atom is 0.431 e. The van der Waals surface area contributed by atoms with Crippen molar-refractivity contribution in [3.05, 3.63) is 35.2 Å². The van der Waals surface area contributed by atoms with Gasteiger partial charge in [0.2, 0.25) is 0 Å². The normalized spacial score (nSPS) is 21.0. The molecule has 0 spiro atoms. The van der Waals surface area contributed by atoms with Crippen molar-refractivity contribution in [3.8, 4) is 0 Å². The molecule has 1 unspecified atom stereocenters. The van der Waals surface area contributed by atoms with Gasteiger partial charge in [0.25, 0.3) is 0 Å². The Balaban J connectivity index is 2.29. The first-order valence-corrected chi connectivity index (χ1v) is 7.14. The summed E-state index contributed by atoms with van der Waals surface area (Å²) in [6.07, 6.45) is -9.91. The van der Waals surface area contributed by atoms with Crippen molar-refractivity contribution < 1.29 is 26.3 Å². The van der Waals surface area contributed by atoms with Crippen molar-refractivity contribution in [3.63, 3.8) is 0 Å². The van der Waals surface area contributed by atoms with E-state index in [4.69, 9.17) is 6.57 Å². The number of nitrogens with zero attached hydrogens (tertiary/aromatic N) is 3. The van der Waals surface area contributed by atoms with E-state index in [2.05, 4.69) is 25.7 Å². The highest BCUT2D eigenvalue weighted by Gasteiger charge is 2.47. The molecule has 0 aromatic heterocycles. The molecule has 1 aliphatic heterocycles. The van der Waals surface area contributed by atoms with E-state index < -0.39 is 41.3 Å². The van der Waals surface area contributed by atoms with Crippen LogP contribution in [0.4, 0.5) is 37.7 Å². The van der Waals surface area contributed by atoms with Gasteiger partial charge >= 0.3 is 12.4 Å². The third kappa shape index (κ3) is 3.89. The lowest BCUT2D eigenvalue weighted by Gasteiger charge is -2.27.